The first-order chi connectivity index (χ1) is 7.50. The molecule has 16 heavy (non-hydrogen) atoms. The summed E-state index contributed by atoms with van der Waals surface area (Å²) in [5, 5.41) is 8.30. The standard InChI is InChI=1S/C12H18N4/c1-7(2)10-6-16-9(5)14-15-12(16)11(13-10)8(3)4/h6-8H,1-5H3. The largest absolute Gasteiger partial charge is 0.283 e. The van der Waals surface area contributed by atoms with Crippen molar-refractivity contribution in [2.45, 2.75) is 46.5 Å². The molecule has 0 N–H and O–H groups in total. The lowest BCUT2D eigenvalue weighted by Crippen LogP contribution is -2.05. The molecule has 0 unspecified atom stereocenters. The van der Waals surface area contributed by atoms with Crippen LogP contribution in [0.3, 0.4) is 0 Å². The highest BCUT2D eigenvalue weighted by atomic mass is 15.3. The van der Waals surface area contributed by atoms with Gasteiger partial charge < -0.3 is 0 Å². The Morgan fingerprint density at radius 1 is 1.06 bits per heavy atom. The van der Waals surface area contributed by atoms with Gasteiger partial charge in [0.05, 0.1) is 11.4 Å². The van der Waals surface area contributed by atoms with Crippen molar-refractivity contribution in [2.75, 3.05) is 0 Å². The molecule has 4 heteroatoms. The highest BCUT2D eigenvalue weighted by molar-refractivity contribution is 5.45. The summed E-state index contributed by atoms with van der Waals surface area (Å²) < 4.78 is 2.04. The van der Waals surface area contributed by atoms with Crippen molar-refractivity contribution < 1.29 is 0 Å². The van der Waals surface area contributed by atoms with E-state index in [4.69, 9.17) is 0 Å². The molecule has 2 aromatic rings. The van der Waals surface area contributed by atoms with E-state index in [2.05, 4.69) is 42.9 Å². The third-order valence-electron chi connectivity index (χ3n) is 2.74. The van der Waals surface area contributed by atoms with E-state index in [9.17, 15) is 0 Å². The summed E-state index contributed by atoms with van der Waals surface area (Å²) in [7, 11) is 0. The van der Waals surface area contributed by atoms with Gasteiger partial charge in [-0.05, 0) is 18.8 Å². The zero-order valence-electron chi connectivity index (χ0n) is 10.5. The topological polar surface area (TPSA) is 43.1 Å². The van der Waals surface area contributed by atoms with Crippen LogP contribution in [0.2, 0.25) is 0 Å². The first-order valence-corrected chi connectivity index (χ1v) is 5.73. The summed E-state index contributed by atoms with van der Waals surface area (Å²) in [5.74, 6) is 1.70. The van der Waals surface area contributed by atoms with Crippen molar-refractivity contribution in [3.05, 3.63) is 23.4 Å². The van der Waals surface area contributed by atoms with Gasteiger partial charge in [-0.25, -0.2) is 0 Å². The highest BCUT2D eigenvalue weighted by Crippen LogP contribution is 2.21. The van der Waals surface area contributed by atoms with Gasteiger partial charge in [-0.1, -0.05) is 27.7 Å². The van der Waals surface area contributed by atoms with Gasteiger partial charge in [0.2, 0.25) is 0 Å². The number of rotatable bonds is 2. The number of nitrogens with zero attached hydrogens (tertiary/aromatic N) is 4. The molecular formula is C12H18N4. The molecule has 0 aromatic carbocycles. The zero-order chi connectivity index (χ0) is 11.9. The van der Waals surface area contributed by atoms with E-state index in [1.807, 2.05) is 17.5 Å². The minimum Gasteiger partial charge on any atom is -0.283 e. The molecule has 0 bridgehead atoms. The predicted molar refractivity (Wildman–Crippen MR) is 63.7 cm³/mol. The maximum atomic E-state index is 4.69. The molecule has 2 rings (SSSR count). The summed E-state index contributed by atoms with van der Waals surface area (Å²) in [5.41, 5.74) is 3.02. The molecule has 0 saturated heterocycles. The van der Waals surface area contributed by atoms with Gasteiger partial charge in [-0.2, -0.15) is 0 Å². The Balaban J connectivity index is 2.75. The van der Waals surface area contributed by atoms with Crippen LogP contribution >= 0.6 is 0 Å². The average Bonchev–Trinajstić information content (AvgIpc) is 2.59. The van der Waals surface area contributed by atoms with Gasteiger partial charge in [0.1, 0.15) is 5.82 Å². The van der Waals surface area contributed by atoms with Crippen molar-refractivity contribution >= 4 is 5.65 Å². The van der Waals surface area contributed by atoms with E-state index in [-0.39, 0.29) is 0 Å². The Kier molecular flexibility index (Phi) is 2.66. The lowest BCUT2D eigenvalue weighted by Gasteiger charge is -2.11. The molecule has 2 heterocycles. The number of aromatic nitrogens is 4. The third-order valence-corrected chi connectivity index (χ3v) is 2.74. The summed E-state index contributed by atoms with van der Waals surface area (Å²) in [6, 6.07) is 0. The maximum Gasteiger partial charge on any atom is 0.182 e. The Morgan fingerprint density at radius 3 is 2.31 bits per heavy atom. The van der Waals surface area contributed by atoms with Crippen molar-refractivity contribution in [1.29, 1.82) is 0 Å². The van der Waals surface area contributed by atoms with Gasteiger partial charge in [0.25, 0.3) is 0 Å². The smallest absolute Gasteiger partial charge is 0.182 e. The van der Waals surface area contributed by atoms with Crippen LogP contribution in [0.5, 0.6) is 0 Å². The quantitative estimate of drug-likeness (QED) is 0.778. The first kappa shape index (κ1) is 11.0. The molecule has 0 spiro atoms. The van der Waals surface area contributed by atoms with E-state index in [0.717, 1.165) is 22.9 Å². The second-order valence-corrected chi connectivity index (χ2v) is 4.80. The monoisotopic (exact) mass is 218 g/mol. The summed E-state index contributed by atoms with van der Waals surface area (Å²) >= 11 is 0. The molecule has 0 amide bonds. The minimum atomic E-state index is 0.366. The molecule has 0 aliphatic carbocycles. The van der Waals surface area contributed by atoms with Crippen LogP contribution in [0.25, 0.3) is 5.65 Å². The molecule has 0 fully saturated rings. The second-order valence-electron chi connectivity index (χ2n) is 4.80. The average molecular weight is 218 g/mol. The van der Waals surface area contributed by atoms with E-state index in [1.54, 1.807) is 0 Å². The number of fused-ring (bicyclic) bond motifs is 1. The molecule has 0 atom stereocenters. The highest BCUT2D eigenvalue weighted by Gasteiger charge is 2.14. The summed E-state index contributed by atoms with van der Waals surface area (Å²) in [6.07, 6.45) is 2.04. The van der Waals surface area contributed by atoms with E-state index >= 15 is 0 Å². The Bertz CT molecular complexity index is 511. The van der Waals surface area contributed by atoms with Gasteiger partial charge in [-0.15, -0.1) is 10.2 Å². The zero-order valence-corrected chi connectivity index (χ0v) is 10.5. The summed E-state index contributed by atoms with van der Waals surface area (Å²) in [4.78, 5) is 4.69. The Hall–Kier alpha value is -1.45. The Morgan fingerprint density at radius 2 is 1.75 bits per heavy atom. The van der Waals surface area contributed by atoms with Gasteiger partial charge in [0.15, 0.2) is 5.65 Å². The van der Waals surface area contributed by atoms with Crippen molar-refractivity contribution in [3.8, 4) is 0 Å². The SMILES string of the molecule is Cc1nnc2c(C(C)C)nc(C(C)C)cn12. The minimum absolute atomic E-state index is 0.366. The van der Waals surface area contributed by atoms with Gasteiger partial charge >= 0.3 is 0 Å². The fourth-order valence-electron chi connectivity index (χ4n) is 1.71. The molecular weight excluding hydrogens is 200 g/mol. The molecule has 0 aliphatic rings. The lowest BCUT2D eigenvalue weighted by atomic mass is 10.1. The van der Waals surface area contributed by atoms with Crippen LogP contribution in [-0.4, -0.2) is 19.6 Å². The molecule has 0 aliphatic heterocycles. The van der Waals surface area contributed by atoms with E-state index in [1.165, 1.54) is 0 Å². The van der Waals surface area contributed by atoms with Crippen molar-refractivity contribution in [3.63, 3.8) is 0 Å². The van der Waals surface area contributed by atoms with Gasteiger partial charge in [0, 0.05) is 6.20 Å². The van der Waals surface area contributed by atoms with Gasteiger partial charge in [-0.3, -0.25) is 9.38 Å². The van der Waals surface area contributed by atoms with Crippen LogP contribution in [-0.2, 0) is 0 Å². The second kappa shape index (κ2) is 3.85. The molecule has 4 nitrogen and oxygen atoms in total. The number of aryl methyl sites for hydroxylation is 1. The third kappa shape index (κ3) is 1.68. The van der Waals surface area contributed by atoms with E-state index < -0.39 is 0 Å². The molecule has 86 valence electrons. The number of hydrogen-bond donors (Lipinski definition) is 0. The fourth-order valence-corrected chi connectivity index (χ4v) is 1.71. The van der Waals surface area contributed by atoms with Crippen LogP contribution in [0.15, 0.2) is 6.20 Å². The van der Waals surface area contributed by atoms with Crippen molar-refractivity contribution in [1.82, 2.24) is 19.6 Å². The number of hydrogen-bond acceptors (Lipinski definition) is 3. The van der Waals surface area contributed by atoms with Crippen LogP contribution in [0, 0.1) is 6.92 Å². The van der Waals surface area contributed by atoms with E-state index in [0.29, 0.717) is 11.8 Å². The fraction of sp³-hybridized carbons (Fsp3) is 0.583. The van der Waals surface area contributed by atoms with Crippen molar-refractivity contribution in [2.24, 2.45) is 0 Å². The molecule has 0 saturated carbocycles. The molecule has 0 radical (unpaired) electrons. The van der Waals surface area contributed by atoms with Crippen LogP contribution < -0.4 is 0 Å². The lowest BCUT2D eigenvalue weighted by molar-refractivity contribution is 0.750. The molecule has 2 aromatic heterocycles. The normalized spacial score (nSPS) is 11.9. The Labute approximate surface area is 95.7 Å². The predicted octanol–water partition coefficient (Wildman–Crippen LogP) is 2.68. The van der Waals surface area contributed by atoms with Crippen LogP contribution in [0.4, 0.5) is 0 Å². The summed E-state index contributed by atoms with van der Waals surface area (Å²) in [6.45, 7) is 10.5. The van der Waals surface area contributed by atoms with Crippen LogP contribution in [0.1, 0.15) is 56.7 Å². The maximum absolute atomic E-state index is 4.69. The first-order valence-electron chi connectivity index (χ1n) is 5.73.